The molecule has 4 amide bonds. The lowest BCUT2D eigenvalue weighted by atomic mass is 9.95. The highest BCUT2D eigenvalue weighted by molar-refractivity contribution is 6.39. The number of aromatic nitrogens is 1. The molecular weight excluding hydrogens is 418 g/mol. The van der Waals surface area contributed by atoms with E-state index < -0.39 is 17.8 Å². The van der Waals surface area contributed by atoms with Crippen LogP contribution >= 0.6 is 0 Å². The molecular formula is C26H31N3O4. The predicted molar refractivity (Wildman–Crippen MR) is 127 cm³/mol. The van der Waals surface area contributed by atoms with Crippen molar-refractivity contribution in [3.8, 4) is 0 Å². The largest absolute Gasteiger partial charge is 0.383 e. The van der Waals surface area contributed by atoms with E-state index in [-0.39, 0.29) is 18.7 Å². The van der Waals surface area contributed by atoms with E-state index in [9.17, 15) is 14.4 Å². The zero-order valence-electron chi connectivity index (χ0n) is 19.5. The molecule has 0 N–H and O–H groups in total. The van der Waals surface area contributed by atoms with Crippen LogP contribution in [0.15, 0.2) is 42.0 Å². The second kappa shape index (κ2) is 9.75. The van der Waals surface area contributed by atoms with E-state index in [1.165, 1.54) is 26.4 Å². The first-order chi connectivity index (χ1) is 15.9. The van der Waals surface area contributed by atoms with Gasteiger partial charge in [0.25, 0.3) is 11.8 Å². The SMILES string of the molecule is COCCN1C(=O)/C(=C/c2cc(C)n(C3CCCCC3)c2C)C(=O)N(c2ccccc2)C1=O. The molecule has 33 heavy (non-hydrogen) atoms. The lowest BCUT2D eigenvalue weighted by molar-refractivity contribution is -0.129. The van der Waals surface area contributed by atoms with E-state index in [2.05, 4.69) is 11.5 Å². The van der Waals surface area contributed by atoms with Crippen molar-refractivity contribution in [2.24, 2.45) is 0 Å². The molecule has 2 heterocycles. The monoisotopic (exact) mass is 449 g/mol. The summed E-state index contributed by atoms with van der Waals surface area (Å²) in [5.41, 5.74) is 3.41. The predicted octanol–water partition coefficient (Wildman–Crippen LogP) is 4.64. The van der Waals surface area contributed by atoms with Crippen molar-refractivity contribution >= 4 is 29.6 Å². The number of methoxy groups -OCH3 is 1. The van der Waals surface area contributed by atoms with Crippen LogP contribution in [0.3, 0.4) is 0 Å². The molecule has 4 rings (SSSR count). The molecule has 2 fully saturated rings. The highest BCUT2D eigenvalue weighted by Gasteiger charge is 2.42. The molecule has 0 radical (unpaired) electrons. The molecule has 0 spiro atoms. The Hall–Kier alpha value is -3.19. The number of amides is 4. The van der Waals surface area contributed by atoms with Gasteiger partial charge in [-0.2, -0.15) is 0 Å². The van der Waals surface area contributed by atoms with Crippen LogP contribution in [-0.2, 0) is 14.3 Å². The van der Waals surface area contributed by atoms with Crippen LogP contribution in [0.1, 0.15) is 55.1 Å². The summed E-state index contributed by atoms with van der Waals surface area (Å²) in [6, 6.07) is 10.5. The van der Waals surface area contributed by atoms with Gasteiger partial charge >= 0.3 is 6.03 Å². The first-order valence-electron chi connectivity index (χ1n) is 11.6. The smallest absolute Gasteiger partial charge is 0.338 e. The Morgan fingerprint density at radius 3 is 2.36 bits per heavy atom. The van der Waals surface area contributed by atoms with Crippen molar-refractivity contribution in [3.05, 3.63) is 58.9 Å². The zero-order valence-corrected chi connectivity index (χ0v) is 19.5. The van der Waals surface area contributed by atoms with E-state index >= 15 is 0 Å². The standard InChI is InChI=1S/C26H31N3O4/c1-18-16-20(19(2)28(18)21-10-6-4-7-11-21)17-23-24(30)27(14-15-33-3)26(32)29(25(23)31)22-12-8-5-9-13-22/h5,8-9,12-13,16-17,21H,4,6-7,10-11,14-15H2,1-3H3/b23-17-. The average Bonchev–Trinajstić information content (AvgIpc) is 3.10. The molecule has 1 aliphatic carbocycles. The molecule has 0 atom stereocenters. The highest BCUT2D eigenvalue weighted by atomic mass is 16.5. The van der Waals surface area contributed by atoms with Gasteiger partial charge in [-0.1, -0.05) is 37.5 Å². The van der Waals surface area contributed by atoms with Crippen LogP contribution in [0, 0.1) is 13.8 Å². The van der Waals surface area contributed by atoms with Crippen LogP contribution < -0.4 is 4.90 Å². The van der Waals surface area contributed by atoms with Crippen molar-refractivity contribution < 1.29 is 19.1 Å². The summed E-state index contributed by atoms with van der Waals surface area (Å²) < 4.78 is 7.43. The topological polar surface area (TPSA) is 71.8 Å². The summed E-state index contributed by atoms with van der Waals surface area (Å²) in [5, 5.41) is 0. The van der Waals surface area contributed by atoms with Crippen LogP contribution in [0.4, 0.5) is 10.5 Å². The number of benzene rings is 1. The maximum atomic E-state index is 13.4. The third kappa shape index (κ3) is 4.37. The van der Waals surface area contributed by atoms with Crippen LogP contribution in [0.2, 0.25) is 0 Å². The summed E-state index contributed by atoms with van der Waals surface area (Å²) in [6.07, 6.45) is 7.65. The van der Waals surface area contributed by atoms with Gasteiger partial charge in [0.2, 0.25) is 0 Å². The number of hydrogen-bond donors (Lipinski definition) is 0. The van der Waals surface area contributed by atoms with E-state index in [0.29, 0.717) is 11.7 Å². The second-order valence-electron chi connectivity index (χ2n) is 8.75. The Balaban J connectivity index is 1.75. The fraction of sp³-hybridized carbons (Fsp3) is 0.423. The van der Waals surface area contributed by atoms with Gasteiger partial charge in [-0.3, -0.25) is 14.5 Å². The van der Waals surface area contributed by atoms with E-state index in [0.717, 1.165) is 39.6 Å². The van der Waals surface area contributed by atoms with Crippen molar-refractivity contribution in [1.29, 1.82) is 0 Å². The lowest BCUT2D eigenvalue weighted by Gasteiger charge is -2.33. The van der Waals surface area contributed by atoms with Crippen LogP contribution in [0.5, 0.6) is 0 Å². The quantitative estimate of drug-likeness (QED) is 0.476. The van der Waals surface area contributed by atoms with Gasteiger partial charge in [-0.05, 0) is 56.5 Å². The number of carbonyl (C=O) groups excluding carboxylic acids is 3. The lowest BCUT2D eigenvalue weighted by Crippen LogP contribution is -2.57. The first kappa shape index (κ1) is 23.0. The normalized spacial score (nSPS) is 19.1. The van der Waals surface area contributed by atoms with E-state index in [4.69, 9.17) is 4.74 Å². The molecule has 0 bridgehead atoms. The Labute approximate surface area is 194 Å². The van der Waals surface area contributed by atoms with Gasteiger partial charge in [0.1, 0.15) is 5.57 Å². The fourth-order valence-corrected chi connectivity index (χ4v) is 4.97. The molecule has 7 nitrogen and oxygen atoms in total. The number of barbiturate groups is 1. The number of hydrogen-bond acceptors (Lipinski definition) is 4. The van der Waals surface area contributed by atoms with Gasteiger partial charge < -0.3 is 9.30 Å². The number of anilines is 1. The van der Waals surface area contributed by atoms with Crippen molar-refractivity contribution in [3.63, 3.8) is 0 Å². The molecule has 1 aliphatic heterocycles. The average molecular weight is 450 g/mol. The number of para-hydroxylation sites is 1. The molecule has 1 aromatic carbocycles. The molecule has 174 valence electrons. The minimum Gasteiger partial charge on any atom is -0.383 e. The minimum absolute atomic E-state index is 0.0153. The fourth-order valence-electron chi connectivity index (χ4n) is 4.97. The number of imide groups is 2. The van der Waals surface area contributed by atoms with Crippen molar-refractivity contribution in [2.45, 2.75) is 52.0 Å². The van der Waals surface area contributed by atoms with Gasteiger partial charge in [-0.25, -0.2) is 9.69 Å². The highest BCUT2D eigenvalue weighted by Crippen LogP contribution is 2.33. The van der Waals surface area contributed by atoms with Gasteiger partial charge in [0.15, 0.2) is 0 Å². The summed E-state index contributed by atoms with van der Waals surface area (Å²) >= 11 is 0. The Bertz CT molecular complexity index is 1080. The van der Waals surface area contributed by atoms with E-state index in [1.54, 1.807) is 30.3 Å². The number of urea groups is 1. The molecule has 1 saturated heterocycles. The molecule has 0 unspecified atom stereocenters. The molecule has 2 aliphatic rings. The zero-order chi connectivity index (χ0) is 23.5. The second-order valence-corrected chi connectivity index (χ2v) is 8.75. The number of ether oxygens (including phenoxy) is 1. The summed E-state index contributed by atoms with van der Waals surface area (Å²) in [5.74, 6) is -1.19. The molecule has 1 saturated carbocycles. The van der Waals surface area contributed by atoms with Crippen LogP contribution in [0.25, 0.3) is 6.08 Å². The summed E-state index contributed by atoms with van der Waals surface area (Å²) in [4.78, 5) is 42.0. The molecule has 2 aromatic rings. The Morgan fingerprint density at radius 1 is 1.00 bits per heavy atom. The van der Waals surface area contributed by atoms with Crippen LogP contribution in [-0.4, -0.2) is 47.6 Å². The van der Waals surface area contributed by atoms with E-state index in [1.807, 2.05) is 19.1 Å². The maximum Gasteiger partial charge on any atom is 0.338 e. The Morgan fingerprint density at radius 2 is 1.70 bits per heavy atom. The molecule has 1 aromatic heterocycles. The number of carbonyl (C=O) groups is 3. The molecule has 7 heteroatoms. The minimum atomic E-state index is -0.655. The number of rotatable bonds is 6. The number of nitrogens with zero attached hydrogens (tertiary/aromatic N) is 3. The maximum absolute atomic E-state index is 13.4. The van der Waals surface area contributed by atoms with Crippen molar-refractivity contribution in [2.75, 3.05) is 25.2 Å². The van der Waals surface area contributed by atoms with Gasteiger partial charge in [0, 0.05) is 24.5 Å². The van der Waals surface area contributed by atoms with Gasteiger partial charge in [0.05, 0.1) is 18.8 Å². The first-order valence-corrected chi connectivity index (χ1v) is 11.6. The van der Waals surface area contributed by atoms with Crippen molar-refractivity contribution in [1.82, 2.24) is 9.47 Å². The number of aryl methyl sites for hydroxylation is 1. The summed E-state index contributed by atoms with van der Waals surface area (Å²) in [6.45, 7) is 4.37. The summed E-state index contributed by atoms with van der Waals surface area (Å²) in [7, 11) is 1.51. The Kier molecular flexibility index (Phi) is 6.79. The van der Waals surface area contributed by atoms with Gasteiger partial charge in [-0.15, -0.1) is 0 Å². The third-order valence-electron chi connectivity index (χ3n) is 6.63. The third-order valence-corrected chi connectivity index (χ3v) is 6.63.